The number of benzene rings is 1. The molecule has 0 aliphatic carbocycles. The molecule has 0 unspecified atom stereocenters. The van der Waals surface area contributed by atoms with Gasteiger partial charge >= 0.3 is 6.09 Å². The number of nitrogens with one attached hydrogen (secondary N) is 1. The van der Waals surface area contributed by atoms with Crippen LogP contribution in [0.3, 0.4) is 0 Å². The first-order valence-electron chi connectivity index (χ1n) is 6.10. The van der Waals surface area contributed by atoms with Crippen LogP contribution in [-0.4, -0.2) is 16.1 Å². The van der Waals surface area contributed by atoms with E-state index in [1.54, 1.807) is 19.3 Å². The van der Waals surface area contributed by atoms with Crippen LogP contribution < -0.4 is 5.32 Å². The molecular formula is C14H14BrN3O2. The Kier molecular flexibility index (Phi) is 5.06. The second-order valence-electron chi connectivity index (χ2n) is 4.19. The fraction of sp³-hybridized carbons (Fsp3) is 0.214. The van der Waals surface area contributed by atoms with Crippen LogP contribution in [-0.2, 0) is 11.3 Å². The van der Waals surface area contributed by atoms with Gasteiger partial charge in [-0.05, 0) is 28.4 Å². The number of carbonyl (C=O) groups excluding carboxylic acids is 1. The van der Waals surface area contributed by atoms with Gasteiger partial charge in [-0.15, -0.1) is 0 Å². The molecule has 1 atom stereocenters. The summed E-state index contributed by atoms with van der Waals surface area (Å²) in [5, 5.41) is 2.68. The molecule has 5 nitrogen and oxygen atoms in total. The fourth-order valence-electron chi connectivity index (χ4n) is 1.55. The molecule has 2 aromatic rings. The van der Waals surface area contributed by atoms with Gasteiger partial charge in [0.2, 0.25) is 0 Å². The van der Waals surface area contributed by atoms with Gasteiger partial charge < -0.3 is 10.1 Å². The van der Waals surface area contributed by atoms with Gasteiger partial charge in [0.25, 0.3) is 0 Å². The predicted octanol–water partition coefficient (Wildman–Crippen LogP) is 3.23. The van der Waals surface area contributed by atoms with Crippen molar-refractivity contribution in [3.05, 3.63) is 58.6 Å². The molecule has 20 heavy (non-hydrogen) atoms. The molecule has 0 radical (unpaired) electrons. The Labute approximate surface area is 125 Å². The van der Waals surface area contributed by atoms with Crippen LogP contribution in [0, 0.1) is 0 Å². The van der Waals surface area contributed by atoms with E-state index in [-0.39, 0.29) is 12.6 Å². The molecule has 0 aliphatic rings. The van der Waals surface area contributed by atoms with Crippen molar-refractivity contribution in [2.75, 3.05) is 0 Å². The number of carbonyl (C=O) groups is 1. The van der Waals surface area contributed by atoms with Crippen molar-refractivity contribution in [3.8, 4) is 0 Å². The third kappa shape index (κ3) is 4.31. The molecule has 0 fully saturated rings. The summed E-state index contributed by atoms with van der Waals surface area (Å²) < 4.78 is 5.92. The van der Waals surface area contributed by atoms with Crippen LogP contribution >= 0.6 is 15.9 Å². The Balaban J connectivity index is 1.83. The molecule has 0 spiro atoms. The van der Waals surface area contributed by atoms with Crippen molar-refractivity contribution in [1.82, 2.24) is 15.3 Å². The van der Waals surface area contributed by atoms with Gasteiger partial charge in [-0.2, -0.15) is 0 Å². The molecule has 0 bridgehead atoms. The van der Waals surface area contributed by atoms with Crippen molar-refractivity contribution < 1.29 is 9.53 Å². The molecule has 2 rings (SSSR count). The summed E-state index contributed by atoms with van der Waals surface area (Å²) in [4.78, 5) is 19.9. The first-order chi connectivity index (χ1) is 9.65. The number of nitrogens with zero attached hydrogens (tertiary/aromatic N) is 2. The third-order valence-electron chi connectivity index (χ3n) is 2.57. The third-order valence-corrected chi connectivity index (χ3v) is 2.98. The Hall–Kier alpha value is -1.95. The highest BCUT2D eigenvalue weighted by molar-refractivity contribution is 9.10. The number of aromatic nitrogens is 2. The lowest BCUT2D eigenvalue weighted by Gasteiger charge is -2.12. The minimum Gasteiger partial charge on any atom is -0.445 e. The molecule has 1 aromatic heterocycles. The highest BCUT2D eigenvalue weighted by Gasteiger charge is 2.12. The van der Waals surface area contributed by atoms with E-state index in [1.807, 2.05) is 30.3 Å². The van der Waals surface area contributed by atoms with Crippen LogP contribution in [0.2, 0.25) is 0 Å². The largest absolute Gasteiger partial charge is 0.445 e. The van der Waals surface area contributed by atoms with E-state index in [0.29, 0.717) is 5.82 Å². The molecule has 0 saturated heterocycles. The van der Waals surface area contributed by atoms with Gasteiger partial charge in [0, 0.05) is 12.4 Å². The molecule has 1 N–H and O–H groups in total. The second-order valence-corrected chi connectivity index (χ2v) is 5.10. The first kappa shape index (κ1) is 14.5. The van der Waals surface area contributed by atoms with Crippen molar-refractivity contribution >= 4 is 22.0 Å². The smallest absolute Gasteiger partial charge is 0.408 e. The van der Waals surface area contributed by atoms with E-state index < -0.39 is 6.09 Å². The average Bonchev–Trinajstić information content (AvgIpc) is 2.47. The average molecular weight is 336 g/mol. The summed E-state index contributed by atoms with van der Waals surface area (Å²) in [5.74, 6) is 0.532. The minimum atomic E-state index is -0.493. The molecule has 6 heteroatoms. The lowest BCUT2D eigenvalue weighted by Crippen LogP contribution is -2.28. The molecule has 0 aliphatic heterocycles. The van der Waals surface area contributed by atoms with Gasteiger partial charge in [0.15, 0.2) is 0 Å². The number of amides is 1. The van der Waals surface area contributed by atoms with E-state index in [2.05, 4.69) is 31.2 Å². The van der Waals surface area contributed by atoms with E-state index >= 15 is 0 Å². The molecule has 1 heterocycles. The Morgan fingerprint density at radius 2 is 1.95 bits per heavy atom. The summed E-state index contributed by atoms with van der Waals surface area (Å²) in [6.07, 6.45) is 2.78. The zero-order valence-corrected chi connectivity index (χ0v) is 12.5. The van der Waals surface area contributed by atoms with Gasteiger partial charge in [-0.1, -0.05) is 30.3 Å². The normalized spacial score (nSPS) is 11.7. The number of ether oxygens (including phenoxy) is 1. The maximum atomic E-state index is 11.7. The number of hydrogen-bond donors (Lipinski definition) is 1. The predicted molar refractivity (Wildman–Crippen MR) is 77.9 cm³/mol. The summed E-state index contributed by atoms with van der Waals surface area (Å²) in [6, 6.07) is 9.19. The van der Waals surface area contributed by atoms with Crippen molar-refractivity contribution in [3.63, 3.8) is 0 Å². The number of rotatable bonds is 4. The van der Waals surface area contributed by atoms with E-state index in [0.717, 1.165) is 10.0 Å². The summed E-state index contributed by atoms with van der Waals surface area (Å²) in [6.45, 7) is 2.04. The highest BCUT2D eigenvalue weighted by Crippen LogP contribution is 2.10. The van der Waals surface area contributed by atoms with Gasteiger partial charge in [0.1, 0.15) is 12.4 Å². The standard InChI is InChI=1S/C14H14BrN3O2/c1-10(13-16-7-12(15)8-17-13)18-14(19)20-9-11-5-3-2-4-6-11/h2-8,10H,9H2,1H3,(H,18,19)/t10-/m1/s1. The first-order valence-corrected chi connectivity index (χ1v) is 6.89. The van der Waals surface area contributed by atoms with Gasteiger partial charge in [0.05, 0.1) is 10.5 Å². The quantitative estimate of drug-likeness (QED) is 0.931. The van der Waals surface area contributed by atoms with Crippen LogP contribution in [0.4, 0.5) is 4.79 Å². The van der Waals surface area contributed by atoms with Crippen molar-refractivity contribution in [2.24, 2.45) is 0 Å². The van der Waals surface area contributed by atoms with E-state index in [9.17, 15) is 4.79 Å². The fourth-order valence-corrected chi connectivity index (χ4v) is 1.76. The van der Waals surface area contributed by atoms with Crippen molar-refractivity contribution in [1.29, 1.82) is 0 Å². The summed E-state index contributed by atoms with van der Waals surface area (Å²) in [7, 11) is 0. The summed E-state index contributed by atoms with van der Waals surface area (Å²) >= 11 is 3.26. The Morgan fingerprint density at radius 3 is 2.60 bits per heavy atom. The zero-order chi connectivity index (χ0) is 14.4. The second kappa shape index (κ2) is 7.00. The lowest BCUT2D eigenvalue weighted by atomic mass is 10.2. The molecule has 104 valence electrons. The molecule has 0 saturated carbocycles. The zero-order valence-electron chi connectivity index (χ0n) is 10.9. The van der Waals surface area contributed by atoms with Crippen LogP contribution in [0.1, 0.15) is 24.4 Å². The molecular weight excluding hydrogens is 322 g/mol. The minimum absolute atomic E-state index is 0.237. The maximum Gasteiger partial charge on any atom is 0.408 e. The van der Waals surface area contributed by atoms with E-state index in [4.69, 9.17) is 4.74 Å². The topological polar surface area (TPSA) is 64.1 Å². The number of alkyl carbamates (subject to hydrolysis) is 1. The van der Waals surface area contributed by atoms with Gasteiger partial charge in [-0.25, -0.2) is 14.8 Å². The number of halogens is 1. The van der Waals surface area contributed by atoms with Crippen LogP contribution in [0.5, 0.6) is 0 Å². The number of hydrogen-bond acceptors (Lipinski definition) is 4. The molecule has 1 amide bonds. The van der Waals surface area contributed by atoms with Gasteiger partial charge in [-0.3, -0.25) is 0 Å². The summed E-state index contributed by atoms with van der Waals surface area (Å²) in [5.41, 5.74) is 0.940. The Morgan fingerprint density at radius 1 is 1.30 bits per heavy atom. The highest BCUT2D eigenvalue weighted by atomic mass is 79.9. The SMILES string of the molecule is C[C@@H](NC(=O)OCc1ccccc1)c1ncc(Br)cn1. The van der Waals surface area contributed by atoms with Crippen LogP contribution in [0.25, 0.3) is 0 Å². The Bertz CT molecular complexity index is 560. The van der Waals surface area contributed by atoms with Crippen molar-refractivity contribution in [2.45, 2.75) is 19.6 Å². The molecule has 1 aromatic carbocycles. The van der Waals surface area contributed by atoms with E-state index in [1.165, 1.54) is 0 Å². The maximum absolute atomic E-state index is 11.7. The monoisotopic (exact) mass is 335 g/mol. The van der Waals surface area contributed by atoms with Crippen LogP contribution in [0.15, 0.2) is 47.2 Å². The lowest BCUT2D eigenvalue weighted by molar-refractivity contribution is 0.136.